The quantitative estimate of drug-likeness (QED) is 0.792. The number of ether oxygens (including phenoxy) is 1. The van der Waals surface area contributed by atoms with Crippen LogP contribution in [-0.4, -0.2) is 48.7 Å². The maximum atomic E-state index is 12.0. The normalized spacial score (nSPS) is 10.2. The second-order valence-electron chi connectivity index (χ2n) is 3.45. The molecule has 0 unspecified atom stereocenters. The van der Waals surface area contributed by atoms with E-state index < -0.39 is 5.97 Å². The van der Waals surface area contributed by atoms with Crippen LogP contribution < -0.4 is 0 Å². The first-order valence-corrected chi connectivity index (χ1v) is 6.10. The van der Waals surface area contributed by atoms with Gasteiger partial charge >= 0.3 is 5.97 Å². The number of rotatable bonds is 6. The van der Waals surface area contributed by atoms with Gasteiger partial charge in [0, 0.05) is 13.1 Å². The van der Waals surface area contributed by atoms with Crippen molar-refractivity contribution in [3.63, 3.8) is 0 Å². The summed E-state index contributed by atoms with van der Waals surface area (Å²) < 4.78 is 10.1. The van der Waals surface area contributed by atoms with Crippen LogP contribution >= 0.6 is 15.9 Å². The molecule has 100 valence electrons. The Morgan fingerprint density at radius 2 is 2.17 bits per heavy atom. The minimum absolute atomic E-state index is 0.0735. The number of methoxy groups -OCH3 is 1. The minimum atomic E-state index is -0.411. The number of hydrogen-bond donors (Lipinski definition) is 1. The van der Waals surface area contributed by atoms with E-state index >= 15 is 0 Å². The summed E-state index contributed by atoms with van der Waals surface area (Å²) >= 11 is 3.10. The molecule has 0 saturated heterocycles. The molecule has 1 amide bonds. The molecule has 0 aromatic carbocycles. The van der Waals surface area contributed by atoms with Crippen molar-refractivity contribution in [2.75, 3.05) is 26.8 Å². The molecule has 18 heavy (non-hydrogen) atoms. The van der Waals surface area contributed by atoms with Crippen molar-refractivity contribution in [2.45, 2.75) is 6.42 Å². The number of furan rings is 1. The second-order valence-corrected chi connectivity index (χ2v) is 4.23. The predicted octanol–water partition coefficient (Wildman–Crippen LogP) is 1.04. The summed E-state index contributed by atoms with van der Waals surface area (Å²) in [5.74, 6) is -0.634. The molecule has 0 fully saturated rings. The molecule has 0 aliphatic rings. The zero-order chi connectivity index (χ0) is 13.5. The highest BCUT2D eigenvalue weighted by Crippen LogP contribution is 2.15. The van der Waals surface area contributed by atoms with Crippen LogP contribution in [0.5, 0.6) is 0 Å². The third-order valence-electron chi connectivity index (χ3n) is 2.25. The highest BCUT2D eigenvalue weighted by atomic mass is 79.9. The molecule has 1 heterocycles. The Labute approximate surface area is 113 Å². The van der Waals surface area contributed by atoms with Gasteiger partial charge in [0.2, 0.25) is 0 Å². The Morgan fingerprint density at radius 1 is 1.44 bits per heavy atom. The van der Waals surface area contributed by atoms with Gasteiger partial charge < -0.3 is 19.2 Å². The van der Waals surface area contributed by atoms with E-state index in [0.717, 1.165) is 0 Å². The predicted molar refractivity (Wildman–Crippen MR) is 66.0 cm³/mol. The Hall–Kier alpha value is -1.34. The van der Waals surface area contributed by atoms with Crippen LogP contribution in [0.1, 0.15) is 17.0 Å². The molecule has 0 aliphatic heterocycles. The molecule has 1 N–H and O–H groups in total. The lowest BCUT2D eigenvalue weighted by atomic mass is 10.3. The number of aliphatic hydroxyl groups is 1. The van der Waals surface area contributed by atoms with Gasteiger partial charge in [0.15, 0.2) is 10.4 Å². The number of carbonyl (C=O) groups excluding carboxylic acids is 2. The molecule has 1 rings (SSSR count). The van der Waals surface area contributed by atoms with E-state index in [0.29, 0.717) is 4.67 Å². The van der Waals surface area contributed by atoms with Crippen molar-refractivity contribution in [2.24, 2.45) is 0 Å². The van der Waals surface area contributed by atoms with Crippen molar-refractivity contribution in [3.8, 4) is 0 Å². The van der Waals surface area contributed by atoms with Gasteiger partial charge in [-0.2, -0.15) is 0 Å². The molecule has 1 aromatic rings. The van der Waals surface area contributed by atoms with Crippen LogP contribution in [0.4, 0.5) is 0 Å². The lowest BCUT2D eigenvalue weighted by Crippen LogP contribution is -2.35. The largest absolute Gasteiger partial charge is 0.469 e. The van der Waals surface area contributed by atoms with Gasteiger partial charge in [-0.25, -0.2) is 0 Å². The van der Waals surface area contributed by atoms with Crippen molar-refractivity contribution >= 4 is 27.8 Å². The zero-order valence-corrected chi connectivity index (χ0v) is 11.5. The SMILES string of the molecule is COC(=O)CCN(CCO)C(=O)c1ccc(Br)o1. The molecule has 0 bridgehead atoms. The average Bonchev–Trinajstić information content (AvgIpc) is 2.79. The molecule has 6 nitrogen and oxygen atoms in total. The first-order valence-electron chi connectivity index (χ1n) is 5.30. The Morgan fingerprint density at radius 3 is 2.67 bits per heavy atom. The van der Waals surface area contributed by atoms with E-state index in [1.165, 1.54) is 18.1 Å². The summed E-state index contributed by atoms with van der Waals surface area (Å²) in [5, 5.41) is 8.91. The van der Waals surface area contributed by atoms with E-state index in [4.69, 9.17) is 9.52 Å². The number of carbonyl (C=O) groups is 2. The maximum absolute atomic E-state index is 12.0. The summed E-state index contributed by atoms with van der Waals surface area (Å²) in [5.41, 5.74) is 0. The highest BCUT2D eigenvalue weighted by Gasteiger charge is 2.19. The van der Waals surface area contributed by atoms with Gasteiger partial charge in [0.1, 0.15) is 0 Å². The number of amides is 1. The Bertz CT molecular complexity index is 417. The second kappa shape index (κ2) is 7.17. The zero-order valence-electron chi connectivity index (χ0n) is 9.89. The monoisotopic (exact) mass is 319 g/mol. The summed E-state index contributed by atoms with van der Waals surface area (Å²) in [6.45, 7) is 0.118. The molecule has 0 radical (unpaired) electrons. The molecule has 7 heteroatoms. The van der Waals surface area contributed by atoms with Gasteiger partial charge in [-0.15, -0.1) is 0 Å². The summed E-state index contributed by atoms with van der Waals surface area (Å²) in [6, 6.07) is 3.12. The van der Waals surface area contributed by atoms with E-state index in [2.05, 4.69) is 20.7 Å². The molecule has 0 spiro atoms. The number of halogens is 1. The molecule has 1 aromatic heterocycles. The number of hydrogen-bond acceptors (Lipinski definition) is 5. The van der Waals surface area contributed by atoms with Crippen molar-refractivity contribution in [1.82, 2.24) is 4.90 Å². The molecular weight excluding hydrogens is 306 g/mol. The Balaban J connectivity index is 2.66. The number of nitrogens with zero attached hydrogens (tertiary/aromatic N) is 1. The summed E-state index contributed by atoms with van der Waals surface area (Å²) in [4.78, 5) is 24.4. The van der Waals surface area contributed by atoms with Crippen LogP contribution in [0, 0.1) is 0 Å². The fourth-order valence-corrected chi connectivity index (χ4v) is 1.66. The van der Waals surface area contributed by atoms with Crippen LogP contribution in [0.25, 0.3) is 0 Å². The van der Waals surface area contributed by atoms with E-state index in [9.17, 15) is 9.59 Å². The summed E-state index contributed by atoms with van der Waals surface area (Å²) in [7, 11) is 1.28. The maximum Gasteiger partial charge on any atom is 0.307 e. The van der Waals surface area contributed by atoms with E-state index in [1.807, 2.05) is 0 Å². The third-order valence-corrected chi connectivity index (χ3v) is 2.68. The van der Waals surface area contributed by atoms with E-state index in [-0.39, 0.29) is 37.8 Å². The molecule has 0 aliphatic carbocycles. The lowest BCUT2D eigenvalue weighted by Gasteiger charge is -2.19. The average molecular weight is 320 g/mol. The number of esters is 1. The summed E-state index contributed by atoms with van der Waals surface area (Å²) in [6.07, 6.45) is 0.0735. The fourth-order valence-electron chi connectivity index (χ4n) is 1.35. The lowest BCUT2D eigenvalue weighted by molar-refractivity contribution is -0.140. The van der Waals surface area contributed by atoms with Crippen molar-refractivity contribution < 1.29 is 23.8 Å². The van der Waals surface area contributed by atoms with Crippen molar-refractivity contribution in [1.29, 1.82) is 0 Å². The Kier molecular flexibility index (Phi) is 5.87. The van der Waals surface area contributed by atoms with Crippen LogP contribution in [0.3, 0.4) is 0 Å². The number of aliphatic hydroxyl groups excluding tert-OH is 1. The van der Waals surface area contributed by atoms with Crippen LogP contribution in [0.2, 0.25) is 0 Å². The standard InChI is InChI=1S/C11H14BrNO5/c1-17-10(15)4-5-13(6-7-14)11(16)8-2-3-9(12)18-8/h2-3,14H,4-7H2,1H3. The van der Waals surface area contributed by atoms with Crippen molar-refractivity contribution in [3.05, 3.63) is 22.6 Å². The smallest absolute Gasteiger partial charge is 0.307 e. The van der Waals surface area contributed by atoms with Gasteiger partial charge in [-0.1, -0.05) is 0 Å². The first kappa shape index (κ1) is 14.7. The fraction of sp³-hybridized carbons (Fsp3) is 0.455. The topological polar surface area (TPSA) is 80.0 Å². The minimum Gasteiger partial charge on any atom is -0.469 e. The molecular formula is C11H14BrNO5. The third kappa shape index (κ3) is 4.15. The first-order chi connectivity index (χ1) is 8.58. The van der Waals surface area contributed by atoms with E-state index in [1.54, 1.807) is 6.07 Å². The van der Waals surface area contributed by atoms with Gasteiger partial charge in [0.05, 0.1) is 20.1 Å². The van der Waals surface area contributed by atoms with Gasteiger partial charge in [0.25, 0.3) is 5.91 Å². The highest BCUT2D eigenvalue weighted by molar-refractivity contribution is 9.10. The van der Waals surface area contributed by atoms with Gasteiger partial charge in [-0.05, 0) is 28.1 Å². The van der Waals surface area contributed by atoms with Crippen LogP contribution in [-0.2, 0) is 9.53 Å². The van der Waals surface area contributed by atoms with Gasteiger partial charge in [-0.3, -0.25) is 9.59 Å². The molecule has 0 atom stereocenters. The van der Waals surface area contributed by atoms with Crippen LogP contribution in [0.15, 0.2) is 21.2 Å². The molecule has 0 saturated carbocycles.